The van der Waals surface area contributed by atoms with Crippen LogP contribution in [-0.2, 0) is 11.8 Å². The van der Waals surface area contributed by atoms with Crippen LogP contribution in [0.5, 0.6) is 0 Å². The summed E-state index contributed by atoms with van der Waals surface area (Å²) in [5.74, 6) is 0.449. The van der Waals surface area contributed by atoms with Crippen molar-refractivity contribution in [2.45, 2.75) is 33.2 Å². The zero-order valence-electron chi connectivity index (χ0n) is 15.1. The third kappa shape index (κ3) is 3.04. The Morgan fingerprint density at radius 1 is 1.20 bits per heavy atom. The molecule has 0 bridgehead atoms. The van der Waals surface area contributed by atoms with E-state index in [1.54, 1.807) is 13.2 Å². The topological polar surface area (TPSA) is 68.9 Å². The molecule has 1 N–H and O–H groups in total. The van der Waals surface area contributed by atoms with Crippen LogP contribution < -0.4 is 10.9 Å². The van der Waals surface area contributed by atoms with Crippen LogP contribution in [0.4, 0.5) is 0 Å². The van der Waals surface area contributed by atoms with Gasteiger partial charge in [-0.1, -0.05) is 32.0 Å². The Morgan fingerprint density at radius 3 is 2.64 bits per heavy atom. The number of nitrogens with one attached hydrogen (secondary N) is 1. The molecule has 0 unspecified atom stereocenters. The molecule has 0 saturated heterocycles. The highest BCUT2D eigenvalue weighted by Crippen LogP contribution is 2.29. The van der Waals surface area contributed by atoms with Gasteiger partial charge in [0.05, 0.1) is 11.7 Å². The predicted octanol–water partition coefficient (Wildman–Crippen LogP) is 2.61. The SMILES string of the molecule is CC(C)CCNC(=O)[C@@H](C)n1c2ccccc2c2cnn(C)c(=O)c21. The average molecular weight is 340 g/mol. The van der Waals surface area contributed by atoms with E-state index in [9.17, 15) is 9.59 Å². The first-order valence-electron chi connectivity index (χ1n) is 8.64. The summed E-state index contributed by atoms with van der Waals surface area (Å²) in [7, 11) is 1.62. The molecule has 1 aromatic carbocycles. The first-order valence-corrected chi connectivity index (χ1v) is 8.64. The van der Waals surface area contributed by atoms with Crippen LogP contribution in [0.15, 0.2) is 35.3 Å². The molecule has 25 heavy (non-hydrogen) atoms. The van der Waals surface area contributed by atoms with E-state index < -0.39 is 6.04 Å². The molecule has 3 aromatic rings. The van der Waals surface area contributed by atoms with Crippen molar-refractivity contribution in [3.8, 4) is 0 Å². The maximum atomic E-state index is 12.7. The second-order valence-electron chi connectivity index (χ2n) is 6.87. The van der Waals surface area contributed by atoms with Gasteiger partial charge in [-0.2, -0.15) is 5.10 Å². The molecule has 6 nitrogen and oxygen atoms in total. The van der Waals surface area contributed by atoms with Crippen molar-refractivity contribution in [2.24, 2.45) is 13.0 Å². The van der Waals surface area contributed by atoms with Gasteiger partial charge >= 0.3 is 0 Å². The van der Waals surface area contributed by atoms with E-state index in [0.717, 1.165) is 22.7 Å². The lowest BCUT2D eigenvalue weighted by Crippen LogP contribution is -2.33. The van der Waals surface area contributed by atoms with Crippen molar-refractivity contribution in [1.29, 1.82) is 0 Å². The fraction of sp³-hybridized carbons (Fsp3) is 0.421. The zero-order chi connectivity index (χ0) is 18.1. The minimum absolute atomic E-state index is 0.0813. The number of aromatic nitrogens is 3. The predicted molar refractivity (Wildman–Crippen MR) is 99.7 cm³/mol. The van der Waals surface area contributed by atoms with Gasteiger partial charge in [-0.25, -0.2) is 4.68 Å². The number of para-hydroxylation sites is 1. The van der Waals surface area contributed by atoms with Crippen LogP contribution in [0.3, 0.4) is 0 Å². The van der Waals surface area contributed by atoms with Crippen LogP contribution in [-0.4, -0.2) is 26.8 Å². The molecule has 1 atom stereocenters. The molecule has 0 fully saturated rings. The van der Waals surface area contributed by atoms with Gasteiger partial charge in [-0.15, -0.1) is 0 Å². The largest absolute Gasteiger partial charge is 0.354 e. The van der Waals surface area contributed by atoms with Gasteiger partial charge in [0.2, 0.25) is 5.91 Å². The van der Waals surface area contributed by atoms with E-state index >= 15 is 0 Å². The molecule has 0 aliphatic rings. The number of benzene rings is 1. The van der Waals surface area contributed by atoms with Crippen molar-refractivity contribution in [2.75, 3.05) is 6.54 Å². The number of hydrogen-bond donors (Lipinski definition) is 1. The van der Waals surface area contributed by atoms with Crippen molar-refractivity contribution in [1.82, 2.24) is 19.7 Å². The first-order chi connectivity index (χ1) is 11.9. The van der Waals surface area contributed by atoms with Gasteiger partial charge < -0.3 is 9.88 Å². The molecule has 0 aliphatic heterocycles. The Balaban J connectivity index is 2.12. The van der Waals surface area contributed by atoms with Gasteiger partial charge in [0, 0.05) is 24.4 Å². The second kappa shape index (κ2) is 6.70. The van der Waals surface area contributed by atoms with E-state index in [2.05, 4.69) is 24.3 Å². The molecule has 0 aliphatic carbocycles. The summed E-state index contributed by atoms with van der Waals surface area (Å²) in [6, 6.07) is 7.26. The Bertz CT molecular complexity index is 984. The number of amides is 1. The van der Waals surface area contributed by atoms with Crippen LogP contribution in [0.25, 0.3) is 21.8 Å². The molecule has 0 saturated carbocycles. The summed E-state index contributed by atoms with van der Waals surface area (Å²) >= 11 is 0. The molecule has 6 heteroatoms. The summed E-state index contributed by atoms with van der Waals surface area (Å²) in [6.07, 6.45) is 2.62. The summed E-state index contributed by atoms with van der Waals surface area (Å²) < 4.78 is 3.14. The van der Waals surface area contributed by atoms with Crippen molar-refractivity contribution >= 4 is 27.7 Å². The lowest BCUT2D eigenvalue weighted by Gasteiger charge is -2.17. The maximum Gasteiger partial charge on any atom is 0.291 e. The third-order valence-corrected chi connectivity index (χ3v) is 4.59. The normalized spacial score (nSPS) is 12.8. The molecular formula is C19H24N4O2. The minimum atomic E-state index is -0.482. The first kappa shape index (κ1) is 17.2. The third-order valence-electron chi connectivity index (χ3n) is 4.59. The number of hydrogen-bond acceptors (Lipinski definition) is 3. The Hall–Kier alpha value is -2.63. The van der Waals surface area contributed by atoms with Crippen LogP contribution in [0.2, 0.25) is 0 Å². The van der Waals surface area contributed by atoms with E-state index in [4.69, 9.17) is 0 Å². The number of carbonyl (C=O) groups excluding carboxylic acids is 1. The summed E-state index contributed by atoms with van der Waals surface area (Å²) in [6.45, 7) is 6.71. The lowest BCUT2D eigenvalue weighted by molar-refractivity contribution is -0.123. The van der Waals surface area contributed by atoms with Crippen molar-refractivity contribution in [3.05, 3.63) is 40.8 Å². The highest BCUT2D eigenvalue weighted by molar-refractivity contribution is 6.08. The number of rotatable bonds is 5. The molecule has 0 spiro atoms. The monoisotopic (exact) mass is 340 g/mol. The van der Waals surface area contributed by atoms with Crippen LogP contribution in [0.1, 0.15) is 33.2 Å². The van der Waals surface area contributed by atoms with Gasteiger partial charge in [0.25, 0.3) is 5.56 Å². The minimum Gasteiger partial charge on any atom is -0.354 e. The number of nitrogens with zero attached hydrogens (tertiary/aromatic N) is 3. The van der Waals surface area contributed by atoms with Gasteiger partial charge in [-0.3, -0.25) is 9.59 Å². The molecule has 3 rings (SSSR count). The van der Waals surface area contributed by atoms with E-state index in [1.165, 1.54) is 4.68 Å². The van der Waals surface area contributed by atoms with Gasteiger partial charge in [0.1, 0.15) is 11.6 Å². The zero-order valence-corrected chi connectivity index (χ0v) is 15.1. The Labute approximate surface area is 146 Å². The highest BCUT2D eigenvalue weighted by Gasteiger charge is 2.22. The average Bonchev–Trinajstić information content (AvgIpc) is 2.92. The van der Waals surface area contributed by atoms with Crippen LogP contribution >= 0.6 is 0 Å². The number of aryl methyl sites for hydroxylation is 1. The maximum absolute atomic E-state index is 12.7. The summed E-state index contributed by atoms with van der Waals surface area (Å²) in [5, 5.41) is 8.83. The molecule has 2 heterocycles. The molecule has 0 radical (unpaired) electrons. The van der Waals surface area contributed by atoms with Crippen molar-refractivity contribution in [3.63, 3.8) is 0 Å². The molecule has 2 aromatic heterocycles. The lowest BCUT2D eigenvalue weighted by atomic mass is 10.1. The molecule has 1 amide bonds. The number of carbonyl (C=O) groups is 1. The second-order valence-corrected chi connectivity index (χ2v) is 6.87. The van der Waals surface area contributed by atoms with Gasteiger partial charge in [0.15, 0.2) is 0 Å². The summed E-state index contributed by atoms with van der Waals surface area (Å²) in [5.41, 5.74) is 1.19. The number of fused-ring (bicyclic) bond motifs is 3. The Morgan fingerprint density at radius 2 is 1.92 bits per heavy atom. The van der Waals surface area contributed by atoms with Crippen molar-refractivity contribution < 1.29 is 4.79 Å². The van der Waals surface area contributed by atoms with E-state index in [0.29, 0.717) is 18.0 Å². The van der Waals surface area contributed by atoms with Crippen LogP contribution in [0, 0.1) is 5.92 Å². The van der Waals surface area contributed by atoms with E-state index in [-0.39, 0.29) is 11.5 Å². The fourth-order valence-corrected chi connectivity index (χ4v) is 3.14. The van der Waals surface area contributed by atoms with E-state index in [1.807, 2.05) is 35.8 Å². The smallest absolute Gasteiger partial charge is 0.291 e. The van der Waals surface area contributed by atoms with Gasteiger partial charge in [-0.05, 0) is 25.3 Å². The fourth-order valence-electron chi connectivity index (χ4n) is 3.14. The standard InChI is InChI=1S/C19H24N4O2/c1-12(2)9-10-20-18(24)13(3)23-16-8-6-5-7-14(16)15-11-21-22(4)19(25)17(15)23/h5-8,11-13H,9-10H2,1-4H3,(H,20,24)/t13-/m1/s1. The molecular weight excluding hydrogens is 316 g/mol. The Kier molecular flexibility index (Phi) is 4.61. The summed E-state index contributed by atoms with van der Waals surface area (Å²) in [4.78, 5) is 25.3. The molecule has 132 valence electrons. The quantitative estimate of drug-likeness (QED) is 0.776. The highest BCUT2D eigenvalue weighted by atomic mass is 16.2.